The predicted molar refractivity (Wildman–Crippen MR) is 84.2 cm³/mol. The van der Waals surface area contributed by atoms with Crippen molar-refractivity contribution in [3.05, 3.63) is 29.8 Å². The maximum atomic E-state index is 12.6. The number of amides is 2. The average molecular weight is 288 g/mol. The molecule has 0 saturated heterocycles. The molecule has 0 spiro atoms. The summed E-state index contributed by atoms with van der Waals surface area (Å²) in [5, 5.41) is 0. The summed E-state index contributed by atoms with van der Waals surface area (Å²) in [5.41, 5.74) is 2.25. The molecule has 0 N–H and O–H groups in total. The molecule has 1 atom stereocenters. The van der Waals surface area contributed by atoms with Gasteiger partial charge in [-0.1, -0.05) is 18.2 Å². The van der Waals surface area contributed by atoms with E-state index in [0.717, 1.165) is 12.1 Å². The van der Waals surface area contributed by atoms with E-state index >= 15 is 0 Å². The first-order valence-corrected chi connectivity index (χ1v) is 7.59. The Bertz CT molecular complexity index is 539. The van der Waals surface area contributed by atoms with Gasteiger partial charge in [-0.25, -0.2) is 0 Å². The van der Waals surface area contributed by atoms with Crippen molar-refractivity contribution in [3.63, 3.8) is 0 Å². The summed E-state index contributed by atoms with van der Waals surface area (Å²) >= 11 is 0. The van der Waals surface area contributed by atoms with Gasteiger partial charge in [0.2, 0.25) is 11.8 Å². The molecule has 0 radical (unpaired) electrons. The molecule has 4 nitrogen and oxygen atoms in total. The Labute approximate surface area is 126 Å². The minimum Gasteiger partial charge on any atom is -0.340 e. The lowest BCUT2D eigenvalue weighted by Crippen LogP contribution is -2.41. The summed E-state index contributed by atoms with van der Waals surface area (Å²) < 4.78 is 0. The van der Waals surface area contributed by atoms with E-state index in [-0.39, 0.29) is 23.9 Å². The van der Waals surface area contributed by atoms with E-state index in [9.17, 15) is 9.59 Å². The highest BCUT2D eigenvalue weighted by molar-refractivity contribution is 5.96. The summed E-state index contributed by atoms with van der Waals surface area (Å²) in [6.45, 7) is 8.05. The molecule has 0 aliphatic carbocycles. The topological polar surface area (TPSA) is 40.6 Å². The van der Waals surface area contributed by atoms with E-state index < -0.39 is 0 Å². The molecule has 0 aromatic heterocycles. The van der Waals surface area contributed by atoms with Crippen LogP contribution < -0.4 is 4.90 Å². The number of hydrogen-bond acceptors (Lipinski definition) is 2. The summed E-state index contributed by atoms with van der Waals surface area (Å²) in [4.78, 5) is 27.8. The molecule has 1 aliphatic heterocycles. The maximum absolute atomic E-state index is 12.6. The number of carbonyl (C=O) groups is 2. The molecular formula is C17H24N2O2. The fourth-order valence-electron chi connectivity index (χ4n) is 3.06. The number of fused-ring (bicyclic) bond motifs is 1. The molecular weight excluding hydrogens is 264 g/mol. The van der Waals surface area contributed by atoms with Crippen LogP contribution in [-0.2, 0) is 16.0 Å². The number of nitrogens with zero attached hydrogens (tertiary/aromatic N) is 2. The van der Waals surface area contributed by atoms with E-state index in [1.54, 1.807) is 11.8 Å². The molecule has 1 aliphatic rings. The molecule has 114 valence electrons. The first kappa shape index (κ1) is 15.5. The van der Waals surface area contributed by atoms with Crippen molar-refractivity contribution >= 4 is 17.5 Å². The monoisotopic (exact) mass is 288 g/mol. The largest absolute Gasteiger partial charge is 0.340 e. The Morgan fingerprint density at radius 1 is 1.33 bits per heavy atom. The smallest absolute Gasteiger partial charge is 0.229 e. The number of para-hydroxylation sites is 1. The van der Waals surface area contributed by atoms with Crippen LogP contribution in [0.2, 0.25) is 0 Å². The average Bonchev–Trinajstić information content (AvgIpc) is 2.73. The number of hydrogen-bond donors (Lipinski definition) is 0. The maximum Gasteiger partial charge on any atom is 0.229 e. The van der Waals surface area contributed by atoms with Crippen molar-refractivity contribution in [1.29, 1.82) is 0 Å². The van der Waals surface area contributed by atoms with Crippen molar-refractivity contribution in [1.82, 2.24) is 4.90 Å². The molecule has 0 fully saturated rings. The molecule has 0 saturated carbocycles. The standard InChI is InChI=1S/C17H24N2O2/c1-12(2)18(14(4)20)10-9-17(21)19-13(3)11-15-7-5-6-8-16(15)19/h5-8,12-13H,9-11H2,1-4H3. The van der Waals surface area contributed by atoms with Gasteiger partial charge in [0.1, 0.15) is 0 Å². The molecule has 1 aromatic rings. The third-order valence-electron chi connectivity index (χ3n) is 4.07. The number of benzene rings is 1. The Morgan fingerprint density at radius 2 is 2.00 bits per heavy atom. The highest BCUT2D eigenvalue weighted by Gasteiger charge is 2.30. The Hall–Kier alpha value is -1.84. The van der Waals surface area contributed by atoms with E-state index in [2.05, 4.69) is 13.0 Å². The second-order valence-electron chi connectivity index (χ2n) is 6.00. The number of carbonyl (C=O) groups excluding carboxylic acids is 2. The van der Waals surface area contributed by atoms with E-state index in [4.69, 9.17) is 0 Å². The molecule has 2 rings (SSSR count). The quantitative estimate of drug-likeness (QED) is 0.854. The first-order chi connectivity index (χ1) is 9.91. The van der Waals surface area contributed by atoms with Gasteiger partial charge < -0.3 is 9.80 Å². The molecule has 2 amide bonds. The van der Waals surface area contributed by atoms with Crippen molar-refractivity contribution in [3.8, 4) is 0 Å². The van der Waals surface area contributed by atoms with Crippen LogP contribution in [0.3, 0.4) is 0 Å². The fourth-order valence-corrected chi connectivity index (χ4v) is 3.06. The van der Waals surface area contributed by atoms with Gasteiger partial charge >= 0.3 is 0 Å². The highest BCUT2D eigenvalue weighted by Crippen LogP contribution is 2.32. The van der Waals surface area contributed by atoms with Crippen LogP contribution in [-0.4, -0.2) is 35.3 Å². The fraction of sp³-hybridized carbons (Fsp3) is 0.529. The second-order valence-corrected chi connectivity index (χ2v) is 6.00. The first-order valence-electron chi connectivity index (χ1n) is 7.59. The third-order valence-corrected chi connectivity index (χ3v) is 4.07. The molecule has 0 bridgehead atoms. The molecule has 1 heterocycles. The van der Waals surface area contributed by atoms with Gasteiger partial charge in [-0.15, -0.1) is 0 Å². The Kier molecular flexibility index (Phi) is 4.66. The van der Waals surface area contributed by atoms with Crippen molar-refractivity contribution < 1.29 is 9.59 Å². The van der Waals surface area contributed by atoms with Crippen molar-refractivity contribution in [2.75, 3.05) is 11.4 Å². The van der Waals surface area contributed by atoms with E-state index in [0.29, 0.717) is 13.0 Å². The second kappa shape index (κ2) is 6.29. The molecule has 4 heteroatoms. The number of rotatable bonds is 4. The van der Waals surface area contributed by atoms with Crippen LogP contribution in [0.1, 0.15) is 39.7 Å². The summed E-state index contributed by atoms with van der Waals surface area (Å²) in [6, 6.07) is 8.37. The minimum atomic E-state index is 0.0210. The van der Waals surface area contributed by atoms with Gasteiger partial charge in [-0.2, -0.15) is 0 Å². The molecule has 21 heavy (non-hydrogen) atoms. The van der Waals surface area contributed by atoms with Gasteiger partial charge in [0.25, 0.3) is 0 Å². The normalized spacial score (nSPS) is 17.0. The zero-order valence-electron chi connectivity index (χ0n) is 13.3. The van der Waals surface area contributed by atoms with E-state index in [1.807, 2.05) is 36.9 Å². The predicted octanol–water partition coefficient (Wildman–Crippen LogP) is 2.61. The summed E-state index contributed by atoms with van der Waals surface area (Å²) in [5.74, 6) is 0.118. The lowest BCUT2D eigenvalue weighted by Gasteiger charge is -2.27. The van der Waals surface area contributed by atoms with Gasteiger partial charge in [0.05, 0.1) is 0 Å². The van der Waals surface area contributed by atoms with Crippen LogP contribution in [0, 0.1) is 0 Å². The SMILES string of the molecule is CC(=O)N(CCC(=O)N1c2ccccc2CC1C)C(C)C. The van der Waals surface area contributed by atoms with Crippen LogP contribution in [0.15, 0.2) is 24.3 Å². The van der Waals surface area contributed by atoms with Crippen LogP contribution in [0.5, 0.6) is 0 Å². The summed E-state index contributed by atoms with van der Waals surface area (Å²) in [7, 11) is 0. The lowest BCUT2D eigenvalue weighted by molar-refractivity contribution is -0.131. The van der Waals surface area contributed by atoms with Gasteiger partial charge in [0.15, 0.2) is 0 Å². The minimum absolute atomic E-state index is 0.0210. The highest BCUT2D eigenvalue weighted by atomic mass is 16.2. The lowest BCUT2D eigenvalue weighted by atomic mass is 10.1. The summed E-state index contributed by atoms with van der Waals surface area (Å²) in [6.07, 6.45) is 1.28. The van der Waals surface area contributed by atoms with Crippen molar-refractivity contribution in [2.45, 2.75) is 52.6 Å². The van der Waals surface area contributed by atoms with Crippen LogP contribution in [0.4, 0.5) is 5.69 Å². The number of anilines is 1. The zero-order valence-corrected chi connectivity index (χ0v) is 13.3. The Morgan fingerprint density at radius 3 is 2.62 bits per heavy atom. The molecule has 1 aromatic carbocycles. The van der Waals surface area contributed by atoms with E-state index in [1.165, 1.54) is 5.56 Å². The van der Waals surface area contributed by atoms with Gasteiger partial charge in [-0.3, -0.25) is 9.59 Å². The Balaban J connectivity index is 2.06. The van der Waals surface area contributed by atoms with Crippen LogP contribution in [0.25, 0.3) is 0 Å². The van der Waals surface area contributed by atoms with Gasteiger partial charge in [-0.05, 0) is 38.8 Å². The molecule has 1 unspecified atom stereocenters. The zero-order chi connectivity index (χ0) is 15.6. The third kappa shape index (κ3) is 3.26. The van der Waals surface area contributed by atoms with Crippen LogP contribution >= 0.6 is 0 Å². The van der Waals surface area contributed by atoms with Crippen molar-refractivity contribution in [2.24, 2.45) is 0 Å². The van der Waals surface area contributed by atoms with Gasteiger partial charge in [0, 0.05) is 37.7 Å².